The number of carboxylic acid groups (broad SMARTS) is 1. The molecular weight excluding hydrogens is 546 g/mol. The van der Waals surface area contributed by atoms with Crippen LogP contribution in [0.1, 0.15) is 53.4 Å². The van der Waals surface area contributed by atoms with Gasteiger partial charge in [0.2, 0.25) is 11.8 Å². The Bertz CT molecular complexity index is 1180. The van der Waals surface area contributed by atoms with Gasteiger partial charge < -0.3 is 26.0 Å². The minimum atomic E-state index is -3.71. The summed E-state index contributed by atoms with van der Waals surface area (Å²) in [5.41, 5.74) is -1.77. The number of carbonyl (C=O) groups is 4. The standard InChI is InChI=1S/C25H39N5O7S2/c1-6-16-13-25(16,22(33)34)28-21(32)17-9-7-11-30(17)19(31)14-26-23(35)27-18(24(2,3)4)15-29(5)39(36,37)20-10-8-12-38-20/h8,10,12,16-18H,6-7,9,11,13-15H2,1-5H3,(H,28,32)(H,33,34)(H2,26,27,35)/t16?,17?,18?,25-/m1/s1. The van der Waals surface area contributed by atoms with Crippen LogP contribution >= 0.6 is 11.3 Å². The highest BCUT2D eigenvalue weighted by Crippen LogP contribution is 2.46. The maximum Gasteiger partial charge on any atom is 0.329 e. The molecule has 2 aliphatic rings. The van der Waals surface area contributed by atoms with Crippen LogP contribution in [0, 0.1) is 11.3 Å². The summed E-state index contributed by atoms with van der Waals surface area (Å²) in [7, 11) is -2.26. The molecule has 4 N–H and O–H groups in total. The maximum atomic E-state index is 12.9. The summed E-state index contributed by atoms with van der Waals surface area (Å²) in [6, 6.07) is 1.17. The first-order valence-corrected chi connectivity index (χ1v) is 15.3. The zero-order chi connectivity index (χ0) is 29.2. The van der Waals surface area contributed by atoms with Crippen molar-refractivity contribution in [3.63, 3.8) is 0 Å². The van der Waals surface area contributed by atoms with Gasteiger partial charge in [-0.2, -0.15) is 4.31 Å². The first kappa shape index (κ1) is 30.8. The van der Waals surface area contributed by atoms with E-state index in [1.807, 2.05) is 27.7 Å². The summed E-state index contributed by atoms with van der Waals surface area (Å²) < 4.78 is 27.1. The first-order valence-electron chi connectivity index (χ1n) is 13.0. The Balaban J connectivity index is 1.56. The van der Waals surface area contributed by atoms with Crippen LogP contribution < -0.4 is 16.0 Å². The van der Waals surface area contributed by atoms with Gasteiger partial charge in [-0.15, -0.1) is 11.3 Å². The summed E-state index contributed by atoms with van der Waals surface area (Å²) in [4.78, 5) is 51.7. The van der Waals surface area contributed by atoms with Crippen molar-refractivity contribution in [1.82, 2.24) is 25.2 Å². The number of urea groups is 1. The molecule has 2 heterocycles. The van der Waals surface area contributed by atoms with Crippen molar-refractivity contribution >= 4 is 45.2 Å². The highest BCUT2D eigenvalue weighted by atomic mass is 32.2. The molecule has 2 fully saturated rings. The Labute approximate surface area is 233 Å². The summed E-state index contributed by atoms with van der Waals surface area (Å²) in [5, 5.41) is 19.2. The quantitative estimate of drug-likeness (QED) is 0.305. The molecule has 0 aromatic carbocycles. The van der Waals surface area contributed by atoms with Crippen LogP contribution in [0.3, 0.4) is 0 Å². The van der Waals surface area contributed by atoms with Crippen molar-refractivity contribution in [2.45, 2.75) is 75.2 Å². The normalized spacial score (nSPS) is 23.8. The number of aliphatic carboxylic acids is 1. The van der Waals surface area contributed by atoms with E-state index in [2.05, 4.69) is 16.0 Å². The lowest BCUT2D eigenvalue weighted by molar-refractivity contribution is -0.145. The molecule has 14 heteroatoms. The highest BCUT2D eigenvalue weighted by Gasteiger charge is 2.61. The number of carboxylic acids is 1. The van der Waals surface area contributed by atoms with Crippen LogP contribution in [0.15, 0.2) is 21.7 Å². The Morgan fingerprint density at radius 3 is 2.51 bits per heavy atom. The number of likely N-dealkylation sites (N-methyl/N-ethyl adjacent to an activating group) is 1. The van der Waals surface area contributed by atoms with E-state index in [1.54, 1.807) is 11.4 Å². The van der Waals surface area contributed by atoms with Gasteiger partial charge in [-0.05, 0) is 42.0 Å². The number of amides is 4. The predicted octanol–water partition coefficient (Wildman–Crippen LogP) is 1.44. The van der Waals surface area contributed by atoms with Gasteiger partial charge in [0.1, 0.15) is 15.8 Å². The Hall–Kier alpha value is -2.71. The number of rotatable bonds is 11. The van der Waals surface area contributed by atoms with Crippen LogP contribution in [0.25, 0.3) is 0 Å². The van der Waals surface area contributed by atoms with Crippen LogP contribution in [0.4, 0.5) is 4.79 Å². The second-order valence-electron chi connectivity index (χ2n) is 11.3. The third-order valence-corrected chi connectivity index (χ3v) is 10.7. The second-order valence-corrected chi connectivity index (χ2v) is 14.5. The van der Waals surface area contributed by atoms with Crippen LogP contribution in [-0.4, -0.2) is 90.8 Å². The summed E-state index contributed by atoms with van der Waals surface area (Å²) in [6.45, 7) is 7.46. The van der Waals surface area contributed by atoms with Gasteiger partial charge in [0, 0.05) is 26.2 Å². The molecule has 1 saturated carbocycles. The van der Waals surface area contributed by atoms with E-state index < -0.39 is 56.9 Å². The van der Waals surface area contributed by atoms with E-state index in [4.69, 9.17) is 0 Å². The molecule has 3 unspecified atom stereocenters. The van der Waals surface area contributed by atoms with Gasteiger partial charge in [0.05, 0.1) is 6.54 Å². The summed E-state index contributed by atoms with van der Waals surface area (Å²) >= 11 is 1.11. The lowest BCUT2D eigenvalue weighted by Crippen LogP contribution is -2.56. The van der Waals surface area contributed by atoms with Crippen molar-refractivity contribution in [2.24, 2.45) is 11.3 Å². The largest absolute Gasteiger partial charge is 0.479 e. The molecule has 0 spiro atoms. The van der Waals surface area contributed by atoms with Crippen molar-refractivity contribution in [1.29, 1.82) is 0 Å². The molecule has 4 amide bonds. The van der Waals surface area contributed by atoms with Crippen molar-refractivity contribution in [2.75, 3.05) is 26.7 Å². The average molecular weight is 586 g/mol. The van der Waals surface area contributed by atoms with Gasteiger partial charge in [0.25, 0.3) is 10.0 Å². The molecule has 0 radical (unpaired) electrons. The topological polar surface area (TPSA) is 165 Å². The fourth-order valence-electron chi connectivity index (χ4n) is 4.85. The fourth-order valence-corrected chi connectivity index (χ4v) is 7.24. The molecule has 1 aromatic rings. The smallest absolute Gasteiger partial charge is 0.329 e. The van der Waals surface area contributed by atoms with E-state index >= 15 is 0 Å². The molecule has 0 bridgehead atoms. The van der Waals surface area contributed by atoms with Crippen LogP contribution in [0.2, 0.25) is 0 Å². The Morgan fingerprint density at radius 1 is 1.28 bits per heavy atom. The molecule has 218 valence electrons. The van der Waals surface area contributed by atoms with Gasteiger partial charge >= 0.3 is 12.0 Å². The van der Waals surface area contributed by atoms with Crippen LogP contribution in [-0.2, 0) is 24.4 Å². The third-order valence-electron chi connectivity index (χ3n) is 7.55. The monoisotopic (exact) mass is 585 g/mol. The van der Waals surface area contributed by atoms with Crippen LogP contribution in [0.5, 0.6) is 0 Å². The zero-order valence-corrected chi connectivity index (χ0v) is 24.7. The molecule has 4 atom stereocenters. The van der Waals surface area contributed by atoms with Crippen molar-refractivity contribution < 1.29 is 32.7 Å². The van der Waals surface area contributed by atoms with Gasteiger partial charge in [-0.25, -0.2) is 18.0 Å². The predicted molar refractivity (Wildman–Crippen MR) is 146 cm³/mol. The van der Waals surface area contributed by atoms with Crippen molar-refractivity contribution in [3.05, 3.63) is 17.5 Å². The Kier molecular flexibility index (Phi) is 9.33. The molecule has 1 aliphatic heterocycles. The number of nitrogens with zero attached hydrogens (tertiary/aromatic N) is 2. The molecule has 1 aromatic heterocycles. The SMILES string of the molecule is CCC1C[C@]1(NC(=O)C1CCCN1C(=O)CNC(=O)NC(CN(C)S(=O)(=O)c1cccs1)C(C)(C)C)C(=O)O. The van der Waals surface area contributed by atoms with E-state index in [0.29, 0.717) is 32.2 Å². The molecule has 1 saturated heterocycles. The zero-order valence-electron chi connectivity index (χ0n) is 23.0. The minimum absolute atomic E-state index is 0.0174. The van der Waals surface area contributed by atoms with E-state index in [9.17, 15) is 32.7 Å². The van der Waals surface area contributed by atoms with Gasteiger partial charge in [0.15, 0.2) is 0 Å². The average Bonchev–Trinajstić information content (AvgIpc) is 3.24. The second kappa shape index (κ2) is 11.8. The fraction of sp³-hybridized carbons (Fsp3) is 0.680. The summed E-state index contributed by atoms with van der Waals surface area (Å²) in [6.07, 6.45) is 1.99. The molecule has 12 nitrogen and oxygen atoms in total. The van der Waals surface area contributed by atoms with E-state index in [-0.39, 0.29) is 23.2 Å². The maximum absolute atomic E-state index is 12.9. The summed E-state index contributed by atoms with van der Waals surface area (Å²) in [5.74, 6) is -2.16. The van der Waals surface area contributed by atoms with Gasteiger partial charge in [-0.3, -0.25) is 9.59 Å². The number of sulfonamides is 1. The lowest BCUT2D eigenvalue weighted by Gasteiger charge is -2.34. The molecule has 1 aliphatic carbocycles. The number of carbonyl (C=O) groups excluding carboxylic acids is 3. The molecular formula is C25H39N5O7S2. The van der Waals surface area contributed by atoms with E-state index in [1.165, 1.54) is 22.3 Å². The van der Waals surface area contributed by atoms with E-state index in [0.717, 1.165) is 11.3 Å². The van der Waals surface area contributed by atoms with Gasteiger partial charge in [-0.1, -0.05) is 40.2 Å². The lowest BCUT2D eigenvalue weighted by atomic mass is 9.87. The molecule has 3 rings (SSSR count). The third kappa shape index (κ3) is 6.90. The number of likely N-dealkylation sites (tertiary alicyclic amines) is 1. The Morgan fingerprint density at radius 2 is 1.97 bits per heavy atom. The number of thiophene rings is 1. The highest BCUT2D eigenvalue weighted by molar-refractivity contribution is 7.91. The minimum Gasteiger partial charge on any atom is -0.479 e. The molecule has 39 heavy (non-hydrogen) atoms. The number of hydrogen-bond acceptors (Lipinski definition) is 7. The first-order chi connectivity index (χ1) is 18.1. The number of hydrogen-bond donors (Lipinski definition) is 4. The van der Waals surface area contributed by atoms with Crippen molar-refractivity contribution in [3.8, 4) is 0 Å². The number of nitrogens with one attached hydrogen (secondary N) is 3.